The number of hydrogen-bond acceptors (Lipinski definition) is 5. The molecule has 0 bridgehead atoms. The number of nitro benzene ring substituents is 1. The van der Waals surface area contributed by atoms with Gasteiger partial charge < -0.3 is 4.57 Å². The Balaban J connectivity index is 2.09. The summed E-state index contributed by atoms with van der Waals surface area (Å²) in [5.74, 6) is -1.18. The lowest BCUT2D eigenvalue weighted by molar-refractivity contribution is -0.384. The maximum atomic E-state index is 12.7. The van der Waals surface area contributed by atoms with Crippen molar-refractivity contribution in [3.8, 4) is 5.69 Å². The van der Waals surface area contributed by atoms with Crippen molar-refractivity contribution in [3.63, 3.8) is 0 Å². The lowest BCUT2D eigenvalue weighted by Crippen LogP contribution is -2.53. The van der Waals surface area contributed by atoms with Gasteiger partial charge in [-0.1, -0.05) is 12.1 Å². The number of nitro groups is 1. The molecule has 1 N–H and O–H groups in total. The molecule has 142 valence electrons. The molecule has 3 rings (SSSR count). The second-order valence-electron chi connectivity index (χ2n) is 6.07. The van der Waals surface area contributed by atoms with E-state index in [1.807, 2.05) is 0 Å². The SMILES string of the molecule is C=CCN1C(=O)C(=Cc2cccn2-c2ccc(C)cc2[N+](=O)[O-])C(=O)NC1=S. The van der Waals surface area contributed by atoms with Crippen LogP contribution in [0.2, 0.25) is 0 Å². The van der Waals surface area contributed by atoms with Gasteiger partial charge in [0.05, 0.1) is 4.92 Å². The number of hydrogen-bond donors (Lipinski definition) is 1. The highest BCUT2D eigenvalue weighted by Crippen LogP contribution is 2.27. The van der Waals surface area contributed by atoms with Gasteiger partial charge in [0.15, 0.2) is 5.11 Å². The Bertz CT molecular complexity index is 1050. The molecular weight excluding hydrogens is 380 g/mol. The first-order valence-corrected chi connectivity index (χ1v) is 8.67. The standard InChI is InChI=1S/C19H16N4O4S/c1-3-8-22-18(25)14(17(24)20-19(22)28)11-13-5-4-9-21(13)15-7-6-12(2)10-16(15)23(26)27/h3-7,9-11H,1,8H2,2H3,(H,20,24,28). The third kappa shape index (κ3) is 3.47. The van der Waals surface area contributed by atoms with Gasteiger partial charge in [0, 0.05) is 24.5 Å². The molecule has 1 saturated heterocycles. The predicted molar refractivity (Wildman–Crippen MR) is 108 cm³/mol. The average Bonchev–Trinajstić information content (AvgIpc) is 3.10. The van der Waals surface area contributed by atoms with Gasteiger partial charge >= 0.3 is 0 Å². The molecular formula is C19H16N4O4S. The number of carbonyl (C=O) groups excluding carboxylic acids is 2. The molecule has 9 heteroatoms. The van der Waals surface area contributed by atoms with Crippen LogP contribution < -0.4 is 5.32 Å². The van der Waals surface area contributed by atoms with E-state index in [1.165, 1.54) is 23.1 Å². The summed E-state index contributed by atoms with van der Waals surface area (Å²) in [6.07, 6.45) is 4.51. The van der Waals surface area contributed by atoms with Crippen molar-refractivity contribution in [2.45, 2.75) is 6.92 Å². The van der Waals surface area contributed by atoms with Crippen LogP contribution in [-0.4, -0.2) is 37.9 Å². The van der Waals surface area contributed by atoms with Gasteiger partial charge in [-0.3, -0.25) is 29.9 Å². The summed E-state index contributed by atoms with van der Waals surface area (Å²) in [5.41, 5.74) is 1.32. The number of aryl methyl sites for hydroxylation is 1. The maximum Gasteiger partial charge on any atom is 0.293 e. The molecule has 1 aromatic carbocycles. The molecule has 0 aliphatic carbocycles. The highest BCUT2D eigenvalue weighted by molar-refractivity contribution is 7.80. The molecule has 1 aromatic heterocycles. The largest absolute Gasteiger partial charge is 0.311 e. The Hall–Kier alpha value is -3.59. The minimum absolute atomic E-state index is 0.0107. The van der Waals surface area contributed by atoms with Gasteiger partial charge in [-0.2, -0.15) is 0 Å². The Morgan fingerprint density at radius 3 is 2.75 bits per heavy atom. The minimum atomic E-state index is -0.624. The topological polar surface area (TPSA) is 97.5 Å². The number of aromatic nitrogens is 1. The highest BCUT2D eigenvalue weighted by atomic mass is 32.1. The molecule has 2 amide bonds. The molecule has 2 heterocycles. The number of benzene rings is 1. The van der Waals surface area contributed by atoms with E-state index in [9.17, 15) is 19.7 Å². The molecule has 0 radical (unpaired) electrons. The zero-order valence-electron chi connectivity index (χ0n) is 14.9. The van der Waals surface area contributed by atoms with Crippen LogP contribution in [0.25, 0.3) is 11.8 Å². The van der Waals surface area contributed by atoms with Crippen LogP contribution in [0.5, 0.6) is 0 Å². The van der Waals surface area contributed by atoms with Crippen molar-refractivity contribution in [2.24, 2.45) is 0 Å². The molecule has 1 aliphatic heterocycles. The van der Waals surface area contributed by atoms with Gasteiger partial charge in [0.25, 0.3) is 17.5 Å². The summed E-state index contributed by atoms with van der Waals surface area (Å²) >= 11 is 5.03. The van der Waals surface area contributed by atoms with Crippen LogP contribution in [0.15, 0.2) is 54.8 Å². The summed E-state index contributed by atoms with van der Waals surface area (Å²) in [5, 5.41) is 13.9. The summed E-state index contributed by atoms with van der Waals surface area (Å²) < 4.78 is 1.55. The quantitative estimate of drug-likeness (QED) is 0.209. The van der Waals surface area contributed by atoms with E-state index >= 15 is 0 Å². The number of rotatable bonds is 5. The predicted octanol–water partition coefficient (Wildman–Crippen LogP) is 2.51. The molecule has 8 nitrogen and oxygen atoms in total. The zero-order chi connectivity index (χ0) is 20.4. The average molecular weight is 396 g/mol. The lowest BCUT2D eigenvalue weighted by Gasteiger charge is -2.27. The van der Waals surface area contributed by atoms with Gasteiger partial charge in [-0.25, -0.2) is 0 Å². The second-order valence-corrected chi connectivity index (χ2v) is 6.46. The number of nitrogens with zero attached hydrogens (tertiary/aromatic N) is 3. The molecule has 0 unspecified atom stereocenters. The molecule has 0 spiro atoms. The van der Waals surface area contributed by atoms with Crippen LogP contribution in [0.1, 0.15) is 11.3 Å². The summed E-state index contributed by atoms with van der Waals surface area (Å²) in [6, 6.07) is 8.17. The second kappa shape index (κ2) is 7.57. The van der Waals surface area contributed by atoms with E-state index in [2.05, 4.69) is 11.9 Å². The Kier molecular flexibility index (Phi) is 5.18. The Labute approximate surface area is 165 Å². The van der Waals surface area contributed by atoms with Crippen LogP contribution in [0.4, 0.5) is 5.69 Å². The third-order valence-corrected chi connectivity index (χ3v) is 4.48. The van der Waals surface area contributed by atoms with E-state index in [0.717, 1.165) is 5.56 Å². The number of thiocarbonyl (C=S) groups is 1. The van der Waals surface area contributed by atoms with E-state index in [1.54, 1.807) is 42.0 Å². The van der Waals surface area contributed by atoms with Crippen molar-refractivity contribution in [1.82, 2.24) is 14.8 Å². The van der Waals surface area contributed by atoms with Crippen LogP contribution >= 0.6 is 12.2 Å². The molecule has 1 fully saturated rings. The normalized spacial score (nSPS) is 15.7. The molecule has 0 atom stereocenters. The molecule has 0 saturated carbocycles. The van der Waals surface area contributed by atoms with Crippen molar-refractivity contribution in [3.05, 3.63) is 76.1 Å². The van der Waals surface area contributed by atoms with Gasteiger partial charge in [-0.15, -0.1) is 6.58 Å². The van der Waals surface area contributed by atoms with Gasteiger partial charge in [-0.05, 0) is 49.0 Å². The maximum absolute atomic E-state index is 12.7. The van der Waals surface area contributed by atoms with Crippen LogP contribution in [0, 0.1) is 17.0 Å². The zero-order valence-corrected chi connectivity index (χ0v) is 15.7. The van der Waals surface area contributed by atoms with Crippen LogP contribution in [-0.2, 0) is 9.59 Å². The first-order chi connectivity index (χ1) is 13.3. The summed E-state index contributed by atoms with van der Waals surface area (Å²) in [6.45, 7) is 5.49. The molecule has 2 aromatic rings. The van der Waals surface area contributed by atoms with E-state index in [-0.39, 0.29) is 22.9 Å². The Morgan fingerprint density at radius 2 is 2.07 bits per heavy atom. The van der Waals surface area contributed by atoms with E-state index in [4.69, 9.17) is 12.2 Å². The fraction of sp³-hybridized carbons (Fsp3) is 0.105. The first kappa shape index (κ1) is 19.2. The first-order valence-electron chi connectivity index (χ1n) is 8.26. The lowest BCUT2D eigenvalue weighted by atomic mass is 10.1. The number of carbonyl (C=O) groups is 2. The number of amides is 2. The molecule has 1 aliphatic rings. The summed E-state index contributed by atoms with van der Waals surface area (Å²) in [7, 11) is 0. The van der Waals surface area contributed by atoms with E-state index < -0.39 is 16.7 Å². The van der Waals surface area contributed by atoms with Crippen molar-refractivity contribution in [2.75, 3.05) is 6.54 Å². The highest BCUT2D eigenvalue weighted by Gasteiger charge is 2.33. The number of nitrogens with one attached hydrogen (secondary N) is 1. The summed E-state index contributed by atoms with van der Waals surface area (Å²) in [4.78, 5) is 37.2. The van der Waals surface area contributed by atoms with Crippen molar-refractivity contribution in [1.29, 1.82) is 0 Å². The monoisotopic (exact) mass is 396 g/mol. The van der Waals surface area contributed by atoms with Gasteiger partial charge in [0.2, 0.25) is 0 Å². The van der Waals surface area contributed by atoms with E-state index in [0.29, 0.717) is 11.4 Å². The third-order valence-electron chi connectivity index (χ3n) is 4.16. The molecule has 28 heavy (non-hydrogen) atoms. The van der Waals surface area contributed by atoms with Gasteiger partial charge in [0.1, 0.15) is 11.3 Å². The fourth-order valence-electron chi connectivity index (χ4n) is 2.85. The van der Waals surface area contributed by atoms with Crippen molar-refractivity contribution < 1.29 is 14.5 Å². The minimum Gasteiger partial charge on any atom is -0.311 e. The smallest absolute Gasteiger partial charge is 0.293 e. The fourth-order valence-corrected chi connectivity index (χ4v) is 3.10. The van der Waals surface area contributed by atoms with Crippen LogP contribution in [0.3, 0.4) is 0 Å². The Morgan fingerprint density at radius 1 is 1.32 bits per heavy atom. The van der Waals surface area contributed by atoms with Crippen molar-refractivity contribution >= 4 is 40.9 Å².